The maximum absolute atomic E-state index is 15.3. The molecule has 6 rings (SSSR count). The Bertz CT molecular complexity index is 1570. The molecule has 39 heavy (non-hydrogen) atoms. The Kier molecular flexibility index (Phi) is 5.77. The molecule has 0 spiro atoms. The maximum Gasteiger partial charge on any atom is 0.322 e. The summed E-state index contributed by atoms with van der Waals surface area (Å²) in [4.78, 5) is 50.1. The quantitative estimate of drug-likeness (QED) is 0.378. The number of halogens is 2. The van der Waals surface area contributed by atoms with Crippen molar-refractivity contribution >= 4 is 35.2 Å². The van der Waals surface area contributed by atoms with Crippen molar-refractivity contribution < 1.29 is 37.1 Å². The average Bonchev–Trinajstić information content (AvgIpc) is 3.35. The smallest absolute Gasteiger partial charge is 0.322 e. The van der Waals surface area contributed by atoms with Crippen molar-refractivity contribution in [3.63, 3.8) is 0 Å². The van der Waals surface area contributed by atoms with Gasteiger partial charge in [0.05, 0.1) is 24.3 Å². The number of benzene rings is 2. The van der Waals surface area contributed by atoms with Crippen molar-refractivity contribution in [2.45, 2.75) is 38.4 Å². The second-order valence-electron chi connectivity index (χ2n) is 10.3. The average molecular weight is 539 g/mol. The molecule has 0 saturated heterocycles. The van der Waals surface area contributed by atoms with Crippen LogP contribution in [0, 0.1) is 17.6 Å². The van der Waals surface area contributed by atoms with Gasteiger partial charge in [-0.3, -0.25) is 19.7 Å². The molecule has 202 valence electrons. The number of nitrogens with one attached hydrogen (secondary N) is 3. The zero-order chi connectivity index (χ0) is 27.5. The molecule has 2 aromatic carbocycles. The number of carbonyl (C=O) groups is 4. The van der Waals surface area contributed by atoms with Crippen molar-refractivity contribution in [1.82, 2.24) is 20.9 Å². The second-order valence-corrected chi connectivity index (χ2v) is 10.3. The SMILES string of the molecule is C[C@@](CN1Cc2ccc(OCC3CC3)c(F)c2C1=O)(NC(=O)NC=O)c1cc2cc3c(c(F)c2o1)C(=O)NC3. The highest BCUT2D eigenvalue weighted by molar-refractivity contribution is 6.02. The second kappa shape index (κ2) is 9.07. The van der Waals surface area contributed by atoms with Crippen molar-refractivity contribution in [3.05, 3.63) is 63.9 Å². The third kappa shape index (κ3) is 4.25. The fourth-order valence-electron chi connectivity index (χ4n) is 5.15. The van der Waals surface area contributed by atoms with E-state index in [0.29, 0.717) is 29.0 Å². The highest BCUT2D eigenvalue weighted by Crippen LogP contribution is 2.37. The third-order valence-electron chi connectivity index (χ3n) is 7.35. The molecule has 0 radical (unpaired) electrons. The van der Waals surface area contributed by atoms with Crippen LogP contribution >= 0.6 is 0 Å². The van der Waals surface area contributed by atoms with Gasteiger partial charge in [0.2, 0.25) is 6.41 Å². The molecular formula is C27H24F2N4O6. The first-order valence-corrected chi connectivity index (χ1v) is 12.5. The van der Waals surface area contributed by atoms with Crippen molar-refractivity contribution in [2.24, 2.45) is 5.92 Å². The topological polar surface area (TPSA) is 130 Å². The molecule has 0 bridgehead atoms. The van der Waals surface area contributed by atoms with E-state index in [1.54, 1.807) is 12.1 Å². The van der Waals surface area contributed by atoms with Gasteiger partial charge < -0.3 is 24.7 Å². The van der Waals surface area contributed by atoms with E-state index in [4.69, 9.17) is 9.15 Å². The molecular weight excluding hydrogens is 514 g/mol. The number of rotatable bonds is 8. The van der Waals surface area contributed by atoms with Crippen LogP contribution in [-0.2, 0) is 23.4 Å². The van der Waals surface area contributed by atoms with E-state index in [2.05, 4.69) is 10.6 Å². The van der Waals surface area contributed by atoms with Gasteiger partial charge in [0, 0.05) is 18.5 Å². The van der Waals surface area contributed by atoms with Crippen molar-refractivity contribution in [2.75, 3.05) is 13.2 Å². The van der Waals surface area contributed by atoms with Gasteiger partial charge in [-0.05, 0) is 55.0 Å². The largest absolute Gasteiger partial charge is 0.490 e. The zero-order valence-electron chi connectivity index (χ0n) is 20.9. The van der Waals surface area contributed by atoms with Crippen LogP contribution in [0.25, 0.3) is 11.0 Å². The molecule has 1 aliphatic carbocycles. The summed E-state index contributed by atoms with van der Waals surface area (Å²) in [6.45, 7) is 1.92. The highest BCUT2D eigenvalue weighted by atomic mass is 19.1. The van der Waals surface area contributed by atoms with Gasteiger partial charge in [0.25, 0.3) is 11.8 Å². The van der Waals surface area contributed by atoms with E-state index < -0.39 is 35.0 Å². The number of hydrogen-bond donors (Lipinski definition) is 3. The number of furan rings is 1. The summed E-state index contributed by atoms with van der Waals surface area (Å²) in [5.41, 5.74) is -0.979. The molecule has 3 aromatic rings. The minimum atomic E-state index is -1.48. The van der Waals surface area contributed by atoms with Crippen LogP contribution in [0.15, 0.2) is 28.7 Å². The molecule has 0 unspecified atom stereocenters. The molecule has 3 heterocycles. The van der Waals surface area contributed by atoms with Gasteiger partial charge in [0.15, 0.2) is 23.0 Å². The minimum absolute atomic E-state index is 0.00643. The number of hydrogen-bond acceptors (Lipinski definition) is 6. The summed E-state index contributed by atoms with van der Waals surface area (Å²) in [5, 5.41) is 7.49. The predicted octanol–water partition coefficient (Wildman–Crippen LogP) is 3.07. The Hall–Kier alpha value is -4.48. The first-order valence-electron chi connectivity index (χ1n) is 12.5. The van der Waals surface area contributed by atoms with E-state index in [1.165, 1.54) is 24.0 Å². The van der Waals surface area contributed by atoms with Crippen LogP contribution in [0.4, 0.5) is 13.6 Å². The number of carbonyl (C=O) groups excluding carboxylic acids is 4. The third-order valence-corrected chi connectivity index (χ3v) is 7.35. The van der Waals surface area contributed by atoms with E-state index in [1.807, 2.05) is 5.32 Å². The van der Waals surface area contributed by atoms with Gasteiger partial charge in [0.1, 0.15) is 11.3 Å². The lowest BCUT2D eigenvalue weighted by molar-refractivity contribution is -0.108. The van der Waals surface area contributed by atoms with E-state index in [-0.39, 0.29) is 54.3 Å². The molecule has 1 atom stereocenters. The van der Waals surface area contributed by atoms with Gasteiger partial charge in [-0.2, -0.15) is 0 Å². The fourth-order valence-corrected chi connectivity index (χ4v) is 5.15. The summed E-state index contributed by atoms with van der Waals surface area (Å²) >= 11 is 0. The summed E-state index contributed by atoms with van der Waals surface area (Å²) in [7, 11) is 0. The van der Waals surface area contributed by atoms with Crippen molar-refractivity contribution in [1.29, 1.82) is 0 Å². The number of amides is 5. The molecule has 1 saturated carbocycles. The molecule has 1 aromatic heterocycles. The molecule has 2 aliphatic heterocycles. The molecule has 10 nitrogen and oxygen atoms in total. The minimum Gasteiger partial charge on any atom is -0.490 e. The van der Waals surface area contributed by atoms with E-state index >= 15 is 8.78 Å². The summed E-state index contributed by atoms with van der Waals surface area (Å²) in [6, 6.07) is 5.35. The Morgan fingerprint density at radius 2 is 2.00 bits per heavy atom. The first kappa shape index (κ1) is 24.8. The first-order chi connectivity index (χ1) is 18.7. The zero-order valence-corrected chi connectivity index (χ0v) is 20.9. The molecule has 3 aliphatic rings. The monoisotopic (exact) mass is 538 g/mol. The van der Waals surface area contributed by atoms with E-state index in [0.717, 1.165) is 12.8 Å². The Morgan fingerprint density at radius 3 is 2.74 bits per heavy atom. The van der Waals surface area contributed by atoms with Gasteiger partial charge in [-0.1, -0.05) is 6.07 Å². The maximum atomic E-state index is 15.3. The van der Waals surface area contributed by atoms with Crippen LogP contribution in [0.5, 0.6) is 5.75 Å². The lowest BCUT2D eigenvalue weighted by atomic mass is 9.97. The van der Waals surface area contributed by atoms with Crippen LogP contribution in [0.2, 0.25) is 0 Å². The van der Waals surface area contributed by atoms with Gasteiger partial charge in [-0.15, -0.1) is 0 Å². The number of ether oxygens (including phenoxy) is 1. The molecule has 1 fully saturated rings. The van der Waals surface area contributed by atoms with Crippen LogP contribution in [-0.4, -0.2) is 42.3 Å². The molecule has 5 amide bonds. The Morgan fingerprint density at radius 1 is 1.21 bits per heavy atom. The lowest BCUT2D eigenvalue weighted by Gasteiger charge is -2.32. The number of urea groups is 1. The molecule has 12 heteroatoms. The highest BCUT2D eigenvalue weighted by Gasteiger charge is 2.41. The lowest BCUT2D eigenvalue weighted by Crippen LogP contribution is -2.53. The van der Waals surface area contributed by atoms with Crippen molar-refractivity contribution in [3.8, 4) is 5.75 Å². The predicted molar refractivity (Wildman–Crippen MR) is 132 cm³/mol. The van der Waals surface area contributed by atoms with Crippen LogP contribution in [0.1, 0.15) is 57.4 Å². The van der Waals surface area contributed by atoms with Crippen LogP contribution < -0.4 is 20.7 Å². The number of nitrogens with zero attached hydrogens (tertiary/aromatic N) is 1. The number of fused-ring (bicyclic) bond motifs is 3. The summed E-state index contributed by atoms with van der Waals surface area (Å²) in [5.74, 6) is -2.27. The summed E-state index contributed by atoms with van der Waals surface area (Å²) < 4.78 is 41.9. The van der Waals surface area contributed by atoms with Gasteiger partial charge >= 0.3 is 6.03 Å². The van der Waals surface area contributed by atoms with E-state index in [9.17, 15) is 19.2 Å². The fraction of sp³-hybridized carbons (Fsp3) is 0.333. The molecule has 3 N–H and O–H groups in total. The Labute approximate surface area is 220 Å². The summed E-state index contributed by atoms with van der Waals surface area (Å²) in [6.07, 6.45) is 2.25. The van der Waals surface area contributed by atoms with Gasteiger partial charge in [-0.25, -0.2) is 13.6 Å². The number of imide groups is 1. The normalized spacial score (nSPS) is 17.5. The Balaban J connectivity index is 1.33. The standard InChI is InChI=1S/C27H24F2N4O6/c1-27(32-26(37)31-12-34,18-7-15-6-16-8-30-24(35)19(16)22(29)23(15)39-18)11-33-9-14-4-5-17(38-10-13-2-3-13)21(28)20(14)25(33)36/h4-7,12-13H,2-3,8-11H2,1H3,(H,30,35)(H2,31,32,34,37)/t27-/m0/s1. The van der Waals surface area contributed by atoms with Crippen LogP contribution in [0.3, 0.4) is 0 Å².